The average molecular weight is 525 g/mol. The number of amides is 1. The molecule has 174 valence electrons. The SMILES string of the molecule is CCn1c(SCC(=O)Nc2sc3c(c2C(=O)OC)CCCC3)nnc1-c1ccc(Cl)c(Cl)c1. The van der Waals surface area contributed by atoms with Crippen LogP contribution >= 0.6 is 46.3 Å². The van der Waals surface area contributed by atoms with E-state index in [4.69, 9.17) is 27.9 Å². The van der Waals surface area contributed by atoms with Gasteiger partial charge in [-0.05, 0) is 56.4 Å². The Kier molecular flexibility index (Phi) is 7.63. The van der Waals surface area contributed by atoms with Crippen molar-refractivity contribution in [1.82, 2.24) is 14.8 Å². The minimum absolute atomic E-state index is 0.128. The molecule has 0 fully saturated rings. The number of anilines is 1. The fourth-order valence-electron chi connectivity index (χ4n) is 3.79. The third-order valence-corrected chi connectivity index (χ3v) is 8.27. The maximum atomic E-state index is 12.8. The van der Waals surface area contributed by atoms with Crippen LogP contribution in [0.3, 0.4) is 0 Å². The van der Waals surface area contributed by atoms with E-state index in [1.54, 1.807) is 12.1 Å². The van der Waals surface area contributed by atoms with Gasteiger partial charge in [-0.3, -0.25) is 4.79 Å². The molecule has 0 unspecified atom stereocenters. The monoisotopic (exact) mass is 524 g/mol. The molecule has 0 spiro atoms. The van der Waals surface area contributed by atoms with E-state index >= 15 is 0 Å². The zero-order valence-electron chi connectivity index (χ0n) is 18.1. The molecule has 0 radical (unpaired) electrons. The van der Waals surface area contributed by atoms with Gasteiger partial charge in [0, 0.05) is 17.0 Å². The van der Waals surface area contributed by atoms with Gasteiger partial charge in [-0.1, -0.05) is 35.0 Å². The summed E-state index contributed by atoms with van der Waals surface area (Å²) < 4.78 is 6.89. The van der Waals surface area contributed by atoms with Crippen molar-refractivity contribution in [2.75, 3.05) is 18.2 Å². The number of hydrogen-bond donors (Lipinski definition) is 1. The topological polar surface area (TPSA) is 86.1 Å². The number of aryl methyl sites for hydroxylation is 1. The normalized spacial score (nSPS) is 13.0. The predicted octanol–water partition coefficient (Wildman–Crippen LogP) is 5.73. The highest BCUT2D eigenvalue weighted by molar-refractivity contribution is 7.99. The number of hydrogen-bond acceptors (Lipinski definition) is 7. The molecule has 0 atom stereocenters. The van der Waals surface area contributed by atoms with Crippen molar-refractivity contribution in [2.24, 2.45) is 0 Å². The zero-order valence-corrected chi connectivity index (χ0v) is 21.3. The largest absolute Gasteiger partial charge is 0.465 e. The lowest BCUT2D eigenvalue weighted by atomic mass is 9.95. The maximum absolute atomic E-state index is 12.8. The molecule has 4 rings (SSSR count). The summed E-state index contributed by atoms with van der Waals surface area (Å²) in [6.45, 7) is 2.60. The third-order valence-electron chi connectivity index (χ3n) is 5.36. The van der Waals surface area contributed by atoms with Crippen LogP contribution in [0.5, 0.6) is 0 Å². The van der Waals surface area contributed by atoms with E-state index in [9.17, 15) is 9.59 Å². The summed E-state index contributed by atoms with van der Waals surface area (Å²) in [4.78, 5) is 26.3. The van der Waals surface area contributed by atoms with E-state index in [-0.39, 0.29) is 11.7 Å². The van der Waals surface area contributed by atoms with Crippen LogP contribution in [0.25, 0.3) is 11.4 Å². The number of halogens is 2. The Hall–Kier alpha value is -2.07. The molecule has 1 amide bonds. The van der Waals surface area contributed by atoms with Gasteiger partial charge < -0.3 is 14.6 Å². The van der Waals surface area contributed by atoms with E-state index in [0.29, 0.717) is 38.1 Å². The van der Waals surface area contributed by atoms with Crippen molar-refractivity contribution >= 4 is 63.2 Å². The number of rotatable bonds is 7. The van der Waals surface area contributed by atoms with Crippen LogP contribution < -0.4 is 5.32 Å². The summed E-state index contributed by atoms with van der Waals surface area (Å²) in [5.41, 5.74) is 2.30. The van der Waals surface area contributed by atoms with E-state index in [2.05, 4.69) is 15.5 Å². The minimum Gasteiger partial charge on any atom is -0.465 e. The van der Waals surface area contributed by atoms with E-state index < -0.39 is 5.97 Å². The van der Waals surface area contributed by atoms with Gasteiger partial charge in [0.2, 0.25) is 5.91 Å². The van der Waals surface area contributed by atoms with Gasteiger partial charge in [-0.15, -0.1) is 21.5 Å². The first kappa shape index (κ1) is 24.1. The molecular weight excluding hydrogens is 503 g/mol. The van der Waals surface area contributed by atoms with Crippen molar-refractivity contribution in [1.29, 1.82) is 0 Å². The molecule has 1 N–H and O–H groups in total. The molecule has 0 saturated heterocycles. The number of ether oxygens (including phenoxy) is 1. The van der Waals surface area contributed by atoms with Crippen LogP contribution in [0.15, 0.2) is 23.4 Å². The molecule has 11 heteroatoms. The second kappa shape index (κ2) is 10.5. The lowest BCUT2D eigenvalue weighted by Gasteiger charge is -2.11. The number of benzene rings is 1. The highest BCUT2D eigenvalue weighted by Crippen LogP contribution is 2.38. The van der Waals surface area contributed by atoms with Crippen LogP contribution in [0.2, 0.25) is 10.0 Å². The number of carbonyl (C=O) groups is 2. The third kappa shape index (κ3) is 5.06. The second-order valence-corrected chi connectivity index (χ2v) is 10.3. The molecule has 1 aliphatic rings. The number of aromatic nitrogens is 3. The molecule has 3 aromatic rings. The van der Waals surface area contributed by atoms with Crippen LogP contribution in [0, 0.1) is 0 Å². The lowest BCUT2D eigenvalue weighted by molar-refractivity contribution is -0.113. The van der Waals surface area contributed by atoms with Gasteiger partial charge in [0.05, 0.1) is 28.5 Å². The number of thioether (sulfide) groups is 1. The smallest absolute Gasteiger partial charge is 0.341 e. The molecule has 0 bridgehead atoms. The highest BCUT2D eigenvalue weighted by Gasteiger charge is 2.27. The average Bonchev–Trinajstić information content (AvgIpc) is 3.39. The van der Waals surface area contributed by atoms with Gasteiger partial charge in [-0.2, -0.15) is 0 Å². The van der Waals surface area contributed by atoms with Gasteiger partial charge in [-0.25, -0.2) is 4.79 Å². The van der Waals surface area contributed by atoms with Crippen molar-refractivity contribution < 1.29 is 14.3 Å². The Balaban J connectivity index is 1.49. The summed E-state index contributed by atoms with van der Waals surface area (Å²) in [6, 6.07) is 5.29. The van der Waals surface area contributed by atoms with Gasteiger partial charge in [0.25, 0.3) is 0 Å². The Labute approximate surface area is 209 Å². The van der Waals surface area contributed by atoms with E-state index in [1.807, 2.05) is 17.6 Å². The zero-order chi connectivity index (χ0) is 23.5. The first-order valence-electron chi connectivity index (χ1n) is 10.5. The lowest BCUT2D eigenvalue weighted by Crippen LogP contribution is -2.17. The molecule has 1 aliphatic carbocycles. The van der Waals surface area contributed by atoms with E-state index in [0.717, 1.165) is 41.7 Å². The summed E-state index contributed by atoms with van der Waals surface area (Å²) in [5.74, 6) is 0.153. The quantitative estimate of drug-likeness (QED) is 0.313. The highest BCUT2D eigenvalue weighted by atomic mass is 35.5. The van der Waals surface area contributed by atoms with Crippen molar-refractivity contribution in [3.8, 4) is 11.4 Å². The Morgan fingerprint density at radius 3 is 2.73 bits per heavy atom. The van der Waals surface area contributed by atoms with Crippen molar-refractivity contribution in [3.63, 3.8) is 0 Å². The van der Waals surface area contributed by atoms with Gasteiger partial charge >= 0.3 is 5.97 Å². The number of nitrogens with one attached hydrogen (secondary N) is 1. The molecule has 7 nitrogen and oxygen atoms in total. The fraction of sp³-hybridized carbons (Fsp3) is 0.364. The van der Waals surface area contributed by atoms with Crippen molar-refractivity contribution in [3.05, 3.63) is 44.2 Å². The molecule has 2 heterocycles. The number of nitrogens with zero attached hydrogens (tertiary/aromatic N) is 3. The number of methoxy groups -OCH3 is 1. The Bertz CT molecular complexity index is 1210. The summed E-state index contributed by atoms with van der Waals surface area (Å²) in [6.07, 6.45) is 3.87. The van der Waals surface area contributed by atoms with Crippen LogP contribution in [0.4, 0.5) is 5.00 Å². The first-order chi connectivity index (χ1) is 15.9. The number of thiophene rings is 1. The number of fused-ring (bicyclic) bond motifs is 1. The minimum atomic E-state index is -0.408. The van der Waals surface area contributed by atoms with Gasteiger partial charge in [0.1, 0.15) is 5.00 Å². The standard InChI is InChI=1S/C22H22Cl2N4O3S2/c1-3-28-19(12-8-9-14(23)15(24)10-12)26-27-22(28)32-11-17(29)25-20-18(21(30)31-2)13-6-4-5-7-16(13)33-20/h8-10H,3-7,11H2,1-2H3,(H,25,29). The Morgan fingerprint density at radius 2 is 2.00 bits per heavy atom. The van der Waals surface area contributed by atoms with Crippen molar-refractivity contribution in [2.45, 2.75) is 44.3 Å². The first-order valence-corrected chi connectivity index (χ1v) is 13.0. The summed E-state index contributed by atoms with van der Waals surface area (Å²) >= 11 is 14.9. The van der Waals surface area contributed by atoms with Crippen LogP contribution in [-0.2, 0) is 28.9 Å². The second-order valence-electron chi connectivity index (χ2n) is 7.42. The Morgan fingerprint density at radius 1 is 1.21 bits per heavy atom. The molecule has 33 heavy (non-hydrogen) atoms. The molecular formula is C22H22Cl2N4O3S2. The fourth-order valence-corrected chi connectivity index (χ4v) is 6.19. The molecule has 0 aliphatic heterocycles. The molecule has 1 aromatic carbocycles. The maximum Gasteiger partial charge on any atom is 0.341 e. The number of esters is 1. The molecule has 2 aromatic heterocycles. The summed E-state index contributed by atoms with van der Waals surface area (Å²) in [7, 11) is 1.36. The predicted molar refractivity (Wildman–Crippen MR) is 133 cm³/mol. The van der Waals surface area contributed by atoms with Crippen LogP contribution in [0.1, 0.15) is 40.6 Å². The number of carbonyl (C=O) groups excluding carboxylic acids is 2. The van der Waals surface area contributed by atoms with E-state index in [1.165, 1.54) is 30.2 Å². The summed E-state index contributed by atoms with van der Waals surface area (Å²) in [5, 5.41) is 13.5. The van der Waals surface area contributed by atoms with Gasteiger partial charge in [0.15, 0.2) is 11.0 Å². The van der Waals surface area contributed by atoms with Crippen LogP contribution in [-0.4, -0.2) is 39.5 Å². The molecule has 0 saturated carbocycles.